The van der Waals surface area contributed by atoms with Gasteiger partial charge in [0.1, 0.15) is 12.6 Å². The second-order valence-electron chi connectivity index (χ2n) is 5.59. The van der Waals surface area contributed by atoms with Crippen LogP contribution in [0.15, 0.2) is 29.3 Å². The molecule has 26 heavy (non-hydrogen) atoms. The summed E-state index contributed by atoms with van der Waals surface area (Å²) in [5, 5.41) is 21.5. The first-order chi connectivity index (χ1) is 12.4. The van der Waals surface area contributed by atoms with Crippen LogP contribution in [0.25, 0.3) is 11.6 Å². The molecule has 2 aromatic rings. The molecule has 0 saturated heterocycles. The highest BCUT2D eigenvalue weighted by atomic mass is 32.1. The average Bonchev–Trinajstić information content (AvgIpc) is 3.13. The van der Waals surface area contributed by atoms with Crippen molar-refractivity contribution in [1.82, 2.24) is 9.88 Å². The zero-order valence-corrected chi connectivity index (χ0v) is 15.3. The number of fused-ring (bicyclic) bond motifs is 1. The van der Waals surface area contributed by atoms with Crippen LogP contribution in [-0.4, -0.2) is 39.4 Å². The monoisotopic (exact) mass is 389 g/mol. The van der Waals surface area contributed by atoms with Crippen molar-refractivity contribution < 1.29 is 19.8 Å². The minimum absolute atomic E-state index is 0.136. The van der Waals surface area contributed by atoms with E-state index in [4.69, 9.17) is 17.3 Å². The maximum atomic E-state index is 12.1. The van der Waals surface area contributed by atoms with E-state index in [9.17, 15) is 14.7 Å². The van der Waals surface area contributed by atoms with Crippen LogP contribution in [0.3, 0.4) is 0 Å². The molecular weight excluding hydrogens is 374 g/mol. The van der Waals surface area contributed by atoms with Crippen LogP contribution in [0.5, 0.6) is 5.88 Å². The number of carboxylic acid groups (broad SMARTS) is 1. The Kier molecular flexibility index (Phi) is 5.01. The van der Waals surface area contributed by atoms with Crippen molar-refractivity contribution in [3.63, 3.8) is 0 Å². The minimum Gasteiger partial charge on any atom is -0.493 e. The number of aliphatic carboxylic acids is 1. The van der Waals surface area contributed by atoms with Crippen molar-refractivity contribution in [3.8, 4) is 5.88 Å². The number of allylic oxidation sites excluding steroid dienone is 1. The molecule has 1 aliphatic rings. The largest absolute Gasteiger partial charge is 0.493 e. The standard InChI is InChI=1S/C17H15N3O4S2/c1-9(15(23)19-8-14(21)22)20-16(24)13(26-17(20)25)6-10-7-18-12-5-3-2-4-11(10)12/h2-7,9,24H,8H2,1H3,(H,19,23)(H,21,22)/b10-6-. The second kappa shape index (κ2) is 7.22. The highest BCUT2D eigenvalue weighted by Crippen LogP contribution is 2.36. The fraction of sp³-hybridized carbons (Fsp3) is 0.176. The van der Waals surface area contributed by atoms with Gasteiger partial charge in [-0.15, -0.1) is 11.3 Å². The van der Waals surface area contributed by atoms with E-state index in [2.05, 4.69) is 10.3 Å². The van der Waals surface area contributed by atoms with Crippen LogP contribution >= 0.6 is 23.6 Å². The summed E-state index contributed by atoms with van der Waals surface area (Å²) in [7, 11) is 0. The van der Waals surface area contributed by atoms with Crippen LogP contribution < -0.4 is 5.32 Å². The summed E-state index contributed by atoms with van der Waals surface area (Å²) in [5.41, 5.74) is 2.63. The Morgan fingerprint density at radius 2 is 2.15 bits per heavy atom. The molecular formula is C17H15N3O4S2. The van der Waals surface area contributed by atoms with Crippen molar-refractivity contribution in [2.24, 2.45) is 4.99 Å². The molecule has 3 N–H and O–H groups in total. The average molecular weight is 389 g/mol. The number of hydrogen-bond donors (Lipinski definition) is 3. The van der Waals surface area contributed by atoms with E-state index in [1.807, 2.05) is 24.3 Å². The van der Waals surface area contributed by atoms with E-state index in [0.29, 0.717) is 8.83 Å². The van der Waals surface area contributed by atoms with E-state index in [0.717, 1.165) is 16.8 Å². The van der Waals surface area contributed by atoms with Gasteiger partial charge in [-0.05, 0) is 31.3 Å². The molecule has 2 heterocycles. The van der Waals surface area contributed by atoms with Crippen LogP contribution in [0, 0.1) is 3.95 Å². The number of para-hydroxylation sites is 1. The van der Waals surface area contributed by atoms with Gasteiger partial charge >= 0.3 is 5.97 Å². The first kappa shape index (κ1) is 18.0. The first-order valence-electron chi connectivity index (χ1n) is 7.67. The summed E-state index contributed by atoms with van der Waals surface area (Å²) >= 11 is 6.44. The summed E-state index contributed by atoms with van der Waals surface area (Å²) in [6.45, 7) is 1.05. The van der Waals surface area contributed by atoms with Crippen LogP contribution in [0.4, 0.5) is 5.69 Å². The highest BCUT2D eigenvalue weighted by Gasteiger charge is 2.22. The molecule has 0 spiro atoms. The number of carboxylic acids is 1. The van der Waals surface area contributed by atoms with E-state index in [-0.39, 0.29) is 5.88 Å². The number of carbonyl (C=O) groups is 2. The van der Waals surface area contributed by atoms with E-state index < -0.39 is 24.5 Å². The van der Waals surface area contributed by atoms with Crippen molar-refractivity contribution in [1.29, 1.82) is 0 Å². The van der Waals surface area contributed by atoms with E-state index >= 15 is 0 Å². The number of nitrogens with zero attached hydrogens (tertiary/aromatic N) is 2. The zero-order chi connectivity index (χ0) is 18.8. The fourth-order valence-electron chi connectivity index (χ4n) is 2.55. The Bertz CT molecular complexity index is 1000. The van der Waals surface area contributed by atoms with Crippen molar-refractivity contribution in [3.05, 3.63) is 38.7 Å². The maximum absolute atomic E-state index is 12.1. The van der Waals surface area contributed by atoms with Crippen LogP contribution in [0.2, 0.25) is 0 Å². The zero-order valence-electron chi connectivity index (χ0n) is 13.7. The number of benzene rings is 1. The third-order valence-electron chi connectivity index (χ3n) is 3.87. The Morgan fingerprint density at radius 1 is 1.42 bits per heavy atom. The lowest BCUT2D eigenvalue weighted by Gasteiger charge is -2.13. The number of rotatable bonds is 5. The Labute approximate surface area is 157 Å². The number of carbonyl (C=O) groups excluding carboxylic acids is 1. The first-order valence-corrected chi connectivity index (χ1v) is 8.90. The number of aliphatic imine (C=N–C) groups is 1. The molecule has 1 unspecified atom stereocenters. The van der Waals surface area contributed by atoms with Gasteiger partial charge in [-0.2, -0.15) is 0 Å². The normalized spacial score (nSPS) is 15.0. The summed E-state index contributed by atoms with van der Waals surface area (Å²) in [4.78, 5) is 27.5. The molecule has 1 aromatic carbocycles. The Balaban J connectivity index is 1.91. The lowest BCUT2D eigenvalue weighted by Crippen LogP contribution is -2.34. The molecule has 0 radical (unpaired) electrons. The Morgan fingerprint density at radius 3 is 2.88 bits per heavy atom. The molecule has 134 valence electrons. The summed E-state index contributed by atoms with van der Waals surface area (Å²) in [6.07, 6.45) is 3.48. The van der Waals surface area contributed by atoms with Crippen molar-refractivity contribution in [2.75, 3.05) is 6.54 Å². The van der Waals surface area contributed by atoms with Gasteiger partial charge in [-0.3, -0.25) is 19.1 Å². The second-order valence-corrected chi connectivity index (χ2v) is 7.26. The molecule has 1 atom stereocenters. The third kappa shape index (κ3) is 3.44. The number of nitrogens with one attached hydrogen (secondary N) is 1. The van der Waals surface area contributed by atoms with Crippen molar-refractivity contribution in [2.45, 2.75) is 13.0 Å². The fourth-order valence-corrected chi connectivity index (χ4v) is 3.97. The van der Waals surface area contributed by atoms with Gasteiger partial charge in [0.2, 0.25) is 11.8 Å². The predicted molar refractivity (Wildman–Crippen MR) is 103 cm³/mol. The van der Waals surface area contributed by atoms with Crippen LogP contribution in [0.1, 0.15) is 23.4 Å². The Hall–Kier alpha value is -2.78. The van der Waals surface area contributed by atoms with E-state index in [1.165, 1.54) is 15.9 Å². The molecule has 0 aliphatic carbocycles. The number of aromatic hydroxyl groups is 1. The van der Waals surface area contributed by atoms with Gasteiger partial charge in [0.05, 0.1) is 10.6 Å². The molecule has 0 bridgehead atoms. The number of aromatic nitrogens is 1. The topological polar surface area (TPSA) is 104 Å². The summed E-state index contributed by atoms with van der Waals surface area (Å²) < 4.78 is 1.62. The van der Waals surface area contributed by atoms with Crippen molar-refractivity contribution >= 4 is 59.0 Å². The molecule has 1 aliphatic heterocycles. The van der Waals surface area contributed by atoms with Crippen LogP contribution in [-0.2, 0) is 9.59 Å². The molecule has 7 nitrogen and oxygen atoms in total. The summed E-state index contributed by atoms with van der Waals surface area (Å²) in [6, 6.07) is 6.80. The molecule has 1 aromatic heterocycles. The van der Waals surface area contributed by atoms with Gasteiger partial charge in [0.25, 0.3) is 0 Å². The van der Waals surface area contributed by atoms with E-state index in [1.54, 1.807) is 19.2 Å². The summed E-state index contributed by atoms with van der Waals surface area (Å²) in [5.74, 6) is -1.82. The minimum atomic E-state index is -1.15. The van der Waals surface area contributed by atoms with Gasteiger partial charge in [-0.25, -0.2) is 0 Å². The number of hydrogen-bond acceptors (Lipinski definition) is 6. The SMILES string of the molecule is CC(C(=O)NCC(=O)O)n1c(O)c(/C=C2/C=Nc3ccccc32)sc1=S. The number of thiazole rings is 1. The lowest BCUT2D eigenvalue weighted by atomic mass is 10.1. The maximum Gasteiger partial charge on any atom is 0.322 e. The molecule has 3 rings (SSSR count). The lowest BCUT2D eigenvalue weighted by molar-refractivity contribution is -0.138. The molecule has 0 fully saturated rings. The third-order valence-corrected chi connectivity index (χ3v) is 5.21. The van der Waals surface area contributed by atoms with Gasteiger partial charge in [0.15, 0.2) is 3.95 Å². The molecule has 9 heteroatoms. The quantitative estimate of drug-likeness (QED) is 0.682. The smallest absolute Gasteiger partial charge is 0.322 e. The molecule has 1 amide bonds. The predicted octanol–water partition coefficient (Wildman–Crippen LogP) is 3.00. The van der Waals surface area contributed by atoms with Gasteiger partial charge < -0.3 is 15.5 Å². The highest BCUT2D eigenvalue weighted by molar-refractivity contribution is 7.73. The van der Waals surface area contributed by atoms with Gasteiger partial charge in [-0.1, -0.05) is 18.2 Å². The molecule has 0 saturated carbocycles. The van der Waals surface area contributed by atoms with Gasteiger partial charge in [0, 0.05) is 17.4 Å². The number of amides is 1.